The quantitative estimate of drug-likeness (QED) is 0.649. The van der Waals surface area contributed by atoms with Gasteiger partial charge < -0.3 is 10.8 Å². The molecule has 0 amide bonds. The van der Waals surface area contributed by atoms with E-state index in [4.69, 9.17) is 5.73 Å². The highest BCUT2D eigenvalue weighted by atomic mass is 35.5. The van der Waals surface area contributed by atoms with E-state index in [1.165, 1.54) is 25.7 Å². The molecule has 4 fully saturated rings. The van der Waals surface area contributed by atoms with Gasteiger partial charge in [0.25, 0.3) is 0 Å². The van der Waals surface area contributed by atoms with Gasteiger partial charge in [-0.1, -0.05) is 0 Å². The minimum absolute atomic E-state index is 0. The molecule has 0 aromatic carbocycles. The number of fused-ring (bicyclic) bond motifs is 1. The SMILES string of the molecule is Cl.NC12CC3CC(CC(C1)C(O)C3)C2. The molecule has 3 N–H and O–H groups in total. The normalized spacial score (nSPS) is 55.3. The van der Waals surface area contributed by atoms with Gasteiger partial charge in [0, 0.05) is 5.54 Å². The Morgan fingerprint density at radius 2 is 1.64 bits per heavy atom. The molecule has 4 aliphatic rings. The maximum Gasteiger partial charge on any atom is 0.0571 e. The molecule has 2 nitrogen and oxygen atoms in total. The molecule has 3 heteroatoms. The summed E-state index contributed by atoms with van der Waals surface area (Å²) in [5.74, 6) is 2.09. The molecule has 82 valence electrons. The van der Waals surface area contributed by atoms with Gasteiger partial charge in [0.05, 0.1) is 6.10 Å². The Morgan fingerprint density at radius 3 is 2.29 bits per heavy atom. The van der Waals surface area contributed by atoms with Crippen molar-refractivity contribution in [3.05, 3.63) is 0 Å². The second kappa shape index (κ2) is 3.36. The maximum absolute atomic E-state index is 9.96. The second-order valence-corrected chi connectivity index (χ2v) is 5.74. The zero-order valence-electron chi connectivity index (χ0n) is 8.48. The molecular formula is C11H20ClNO. The van der Waals surface area contributed by atoms with Crippen LogP contribution in [0.2, 0.25) is 0 Å². The number of rotatable bonds is 0. The van der Waals surface area contributed by atoms with Crippen LogP contribution >= 0.6 is 12.4 Å². The number of aliphatic hydroxyl groups is 1. The van der Waals surface area contributed by atoms with Gasteiger partial charge in [0.15, 0.2) is 0 Å². The zero-order valence-corrected chi connectivity index (χ0v) is 9.30. The topological polar surface area (TPSA) is 46.2 Å². The minimum Gasteiger partial charge on any atom is -0.393 e. The molecule has 4 saturated carbocycles. The summed E-state index contributed by atoms with van der Waals surface area (Å²) in [7, 11) is 0. The van der Waals surface area contributed by atoms with E-state index in [0.717, 1.165) is 24.7 Å². The molecule has 0 aromatic heterocycles. The fourth-order valence-corrected chi connectivity index (χ4v) is 4.26. The number of hydrogen-bond acceptors (Lipinski definition) is 2. The van der Waals surface area contributed by atoms with Gasteiger partial charge in [-0.05, 0) is 56.3 Å². The van der Waals surface area contributed by atoms with Crippen molar-refractivity contribution in [2.75, 3.05) is 0 Å². The van der Waals surface area contributed by atoms with Crippen molar-refractivity contribution in [1.29, 1.82) is 0 Å². The van der Waals surface area contributed by atoms with Gasteiger partial charge in [-0.15, -0.1) is 12.4 Å². The smallest absolute Gasteiger partial charge is 0.0571 e. The van der Waals surface area contributed by atoms with Crippen LogP contribution < -0.4 is 5.73 Å². The summed E-state index contributed by atoms with van der Waals surface area (Å²) in [6.07, 6.45) is 7.06. The van der Waals surface area contributed by atoms with E-state index in [1.807, 2.05) is 0 Å². The molecule has 0 saturated heterocycles. The molecule has 0 heterocycles. The van der Waals surface area contributed by atoms with Crippen molar-refractivity contribution in [3.63, 3.8) is 0 Å². The summed E-state index contributed by atoms with van der Waals surface area (Å²) in [5, 5.41) is 9.96. The summed E-state index contributed by atoms with van der Waals surface area (Å²) < 4.78 is 0. The largest absolute Gasteiger partial charge is 0.393 e. The lowest BCUT2D eigenvalue weighted by molar-refractivity contribution is 0.0575. The highest BCUT2D eigenvalue weighted by molar-refractivity contribution is 5.85. The molecule has 0 spiro atoms. The molecule has 4 rings (SSSR count). The molecule has 5 atom stereocenters. The fourth-order valence-electron chi connectivity index (χ4n) is 4.26. The average molecular weight is 218 g/mol. The summed E-state index contributed by atoms with van der Waals surface area (Å²) in [5.41, 5.74) is 6.48. The summed E-state index contributed by atoms with van der Waals surface area (Å²) in [6.45, 7) is 0. The maximum atomic E-state index is 9.96. The van der Waals surface area contributed by atoms with E-state index < -0.39 is 0 Å². The van der Waals surface area contributed by atoms with Gasteiger partial charge in [-0.25, -0.2) is 0 Å². The molecule has 14 heavy (non-hydrogen) atoms. The second-order valence-electron chi connectivity index (χ2n) is 5.74. The third-order valence-electron chi connectivity index (χ3n) is 4.48. The Bertz CT molecular complexity index is 235. The molecule has 0 aromatic rings. The van der Waals surface area contributed by atoms with Crippen molar-refractivity contribution in [3.8, 4) is 0 Å². The van der Waals surface area contributed by atoms with Crippen LogP contribution in [0.25, 0.3) is 0 Å². The first kappa shape index (κ1) is 10.7. The van der Waals surface area contributed by atoms with Crippen LogP contribution in [0.5, 0.6) is 0 Å². The molecule has 0 aliphatic heterocycles. The van der Waals surface area contributed by atoms with Crippen molar-refractivity contribution >= 4 is 12.4 Å². The Kier molecular flexibility index (Phi) is 2.57. The Morgan fingerprint density at radius 1 is 1.00 bits per heavy atom. The van der Waals surface area contributed by atoms with E-state index in [-0.39, 0.29) is 24.0 Å². The first-order valence-electron chi connectivity index (χ1n) is 5.62. The van der Waals surface area contributed by atoms with Crippen molar-refractivity contribution in [2.45, 2.75) is 50.2 Å². The van der Waals surface area contributed by atoms with E-state index in [2.05, 4.69) is 0 Å². The van der Waals surface area contributed by atoms with Crippen molar-refractivity contribution in [2.24, 2.45) is 23.5 Å². The predicted molar refractivity (Wildman–Crippen MR) is 58.3 cm³/mol. The van der Waals surface area contributed by atoms with Gasteiger partial charge in [-0.2, -0.15) is 0 Å². The van der Waals surface area contributed by atoms with Crippen LogP contribution in [0.15, 0.2) is 0 Å². The third kappa shape index (κ3) is 1.58. The zero-order chi connectivity index (χ0) is 9.05. The first-order valence-corrected chi connectivity index (χ1v) is 5.62. The summed E-state index contributed by atoms with van der Waals surface area (Å²) >= 11 is 0. The molecular weight excluding hydrogens is 198 g/mol. The summed E-state index contributed by atoms with van der Waals surface area (Å²) in [6, 6.07) is 0. The lowest BCUT2D eigenvalue weighted by Crippen LogP contribution is -2.50. The summed E-state index contributed by atoms with van der Waals surface area (Å²) in [4.78, 5) is 0. The Hall–Kier alpha value is 0.210. The number of hydrogen-bond donors (Lipinski definition) is 2. The van der Waals surface area contributed by atoms with E-state index in [9.17, 15) is 5.11 Å². The Balaban J connectivity index is 0.000000750. The van der Waals surface area contributed by atoms with Crippen LogP contribution in [0.3, 0.4) is 0 Å². The van der Waals surface area contributed by atoms with Gasteiger partial charge in [0.2, 0.25) is 0 Å². The molecule has 4 bridgehead atoms. The van der Waals surface area contributed by atoms with Crippen LogP contribution in [0, 0.1) is 17.8 Å². The van der Waals surface area contributed by atoms with E-state index >= 15 is 0 Å². The number of halogens is 1. The lowest BCUT2D eigenvalue weighted by Gasteiger charge is -2.46. The van der Waals surface area contributed by atoms with Crippen molar-refractivity contribution in [1.82, 2.24) is 0 Å². The molecule has 0 radical (unpaired) electrons. The predicted octanol–water partition coefficient (Wildman–Crippen LogP) is 1.70. The standard InChI is InChI=1S/C11H19NO.ClH/c12-11-4-7-1-8(5-11)3-10(13)9(2-7)6-11;/h7-10,13H,1-6,12H2;1H. The van der Waals surface area contributed by atoms with Gasteiger partial charge >= 0.3 is 0 Å². The van der Waals surface area contributed by atoms with E-state index in [1.54, 1.807) is 0 Å². The van der Waals surface area contributed by atoms with Crippen LogP contribution in [0.4, 0.5) is 0 Å². The molecule has 4 aliphatic carbocycles. The highest BCUT2D eigenvalue weighted by Gasteiger charge is 2.49. The fraction of sp³-hybridized carbons (Fsp3) is 1.00. The third-order valence-corrected chi connectivity index (χ3v) is 4.48. The average Bonchev–Trinajstić information content (AvgIpc) is 2.12. The van der Waals surface area contributed by atoms with E-state index in [0.29, 0.717) is 5.92 Å². The first-order chi connectivity index (χ1) is 6.15. The number of aliphatic hydroxyl groups excluding tert-OH is 1. The monoisotopic (exact) mass is 217 g/mol. The van der Waals surface area contributed by atoms with Crippen LogP contribution in [-0.4, -0.2) is 16.7 Å². The Labute approximate surface area is 91.7 Å². The van der Waals surface area contributed by atoms with Crippen LogP contribution in [0.1, 0.15) is 38.5 Å². The highest BCUT2D eigenvalue weighted by Crippen LogP contribution is 2.52. The van der Waals surface area contributed by atoms with Gasteiger partial charge in [-0.3, -0.25) is 0 Å². The van der Waals surface area contributed by atoms with Crippen LogP contribution in [-0.2, 0) is 0 Å². The van der Waals surface area contributed by atoms with Crippen molar-refractivity contribution < 1.29 is 5.11 Å². The lowest BCUT2D eigenvalue weighted by atomic mass is 9.63. The van der Waals surface area contributed by atoms with Gasteiger partial charge in [0.1, 0.15) is 0 Å². The molecule has 5 unspecified atom stereocenters. The number of nitrogens with two attached hydrogens (primary N) is 1. The minimum atomic E-state index is -0.0410.